The van der Waals surface area contributed by atoms with Gasteiger partial charge in [0, 0.05) is 32.4 Å². The molecule has 2 aromatic rings. The molecule has 7 heteroatoms. The first-order valence-electron chi connectivity index (χ1n) is 6.72. The molecule has 2 atom stereocenters. The van der Waals surface area contributed by atoms with Crippen LogP contribution in [0.25, 0.3) is 5.65 Å². The van der Waals surface area contributed by atoms with Crippen LogP contribution in [0.1, 0.15) is 12.8 Å². The third-order valence-corrected chi connectivity index (χ3v) is 4.04. The molecule has 0 amide bonds. The Balaban J connectivity index is 1.89. The largest absolute Gasteiger partial charge is 0.381 e. The van der Waals surface area contributed by atoms with Crippen molar-refractivity contribution < 1.29 is 4.74 Å². The molecule has 1 aliphatic rings. The molecular formula is C13H18ClN5O. The van der Waals surface area contributed by atoms with E-state index >= 15 is 0 Å². The molecule has 1 aliphatic heterocycles. The van der Waals surface area contributed by atoms with E-state index in [-0.39, 0.29) is 12.1 Å². The second kappa shape index (κ2) is 5.55. The zero-order valence-electron chi connectivity index (χ0n) is 11.4. The van der Waals surface area contributed by atoms with Gasteiger partial charge in [0.25, 0.3) is 0 Å². The van der Waals surface area contributed by atoms with Gasteiger partial charge >= 0.3 is 0 Å². The number of halogens is 1. The molecule has 20 heavy (non-hydrogen) atoms. The molecule has 3 rings (SSSR count). The smallest absolute Gasteiger partial charge is 0.245 e. The Labute approximate surface area is 122 Å². The van der Waals surface area contributed by atoms with Crippen LogP contribution in [0.4, 0.5) is 5.95 Å². The van der Waals surface area contributed by atoms with Crippen molar-refractivity contribution in [2.75, 3.05) is 25.1 Å². The average molecular weight is 296 g/mol. The van der Waals surface area contributed by atoms with Crippen LogP contribution in [0.5, 0.6) is 0 Å². The zero-order valence-corrected chi connectivity index (χ0v) is 12.1. The number of methoxy groups -OCH3 is 1. The van der Waals surface area contributed by atoms with Crippen molar-refractivity contribution in [2.45, 2.75) is 25.0 Å². The molecule has 0 saturated carbocycles. The average Bonchev–Trinajstić information content (AvgIpc) is 2.89. The van der Waals surface area contributed by atoms with E-state index in [9.17, 15) is 0 Å². The van der Waals surface area contributed by atoms with E-state index in [1.807, 2.05) is 12.1 Å². The van der Waals surface area contributed by atoms with Gasteiger partial charge in [-0.1, -0.05) is 11.6 Å². The molecule has 2 aromatic heterocycles. The predicted molar refractivity (Wildman–Crippen MR) is 78.2 cm³/mol. The highest BCUT2D eigenvalue weighted by atomic mass is 35.5. The van der Waals surface area contributed by atoms with E-state index in [1.165, 1.54) is 0 Å². The van der Waals surface area contributed by atoms with E-state index in [1.54, 1.807) is 17.8 Å². The molecule has 2 N–H and O–H groups in total. The summed E-state index contributed by atoms with van der Waals surface area (Å²) in [6.07, 6.45) is 3.89. The second-order valence-corrected chi connectivity index (χ2v) is 5.46. The van der Waals surface area contributed by atoms with Crippen LogP contribution in [0.15, 0.2) is 18.3 Å². The molecule has 0 radical (unpaired) electrons. The molecule has 3 heterocycles. The van der Waals surface area contributed by atoms with Gasteiger partial charge in [-0.15, -0.1) is 5.10 Å². The summed E-state index contributed by atoms with van der Waals surface area (Å²) in [6, 6.07) is 3.88. The summed E-state index contributed by atoms with van der Waals surface area (Å²) >= 11 is 5.97. The summed E-state index contributed by atoms with van der Waals surface area (Å²) in [5.41, 5.74) is 6.67. The molecule has 6 nitrogen and oxygen atoms in total. The summed E-state index contributed by atoms with van der Waals surface area (Å²) in [5, 5.41) is 5.14. The number of anilines is 1. The van der Waals surface area contributed by atoms with Crippen molar-refractivity contribution in [3.63, 3.8) is 0 Å². The number of aromatic nitrogens is 3. The lowest BCUT2D eigenvalue weighted by Crippen LogP contribution is -2.49. The van der Waals surface area contributed by atoms with Gasteiger partial charge < -0.3 is 15.4 Å². The molecular weight excluding hydrogens is 278 g/mol. The van der Waals surface area contributed by atoms with Crippen LogP contribution in [-0.4, -0.2) is 46.9 Å². The summed E-state index contributed by atoms with van der Waals surface area (Å²) < 4.78 is 7.14. The minimum absolute atomic E-state index is 0.210. The number of ether oxygens (including phenoxy) is 1. The topological polar surface area (TPSA) is 68.7 Å². The minimum Gasteiger partial charge on any atom is -0.381 e. The maximum absolute atomic E-state index is 5.97. The summed E-state index contributed by atoms with van der Waals surface area (Å²) in [4.78, 5) is 6.71. The first kappa shape index (κ1) is 13.6. The van der Waals surface area contributed by atoms with Crippen LogP contribution in [0.3, 0.4) is 0 Å². The molecule has 1 saturated heterocycles. The first-order valence-corrected chi connectivity index (χ1v) is 7.10. The standard InChI is InChI=1S/C13H18ClN5O/c1-20-11-4-5-18(10(6-11)7-15)13-16-12-3-2-9(14)8-19(12)17-13/h2-3,8,10-11H,4-7,15H2,1H3. The fraction of sp³-hybridized carbons (Fsp3) is 0.538. The Bertz CT molecular complexity index is 601. The van der Waals surface area contributed by atoms with Crippen LogP contribution >= 0.6 is 11.6 Å². The monoisotopic (exact) mass is 295 g/mol. The number of nitrogens with two attached hydrogens (primary N) is 1. The summed E-state index contributed by atoms with van der Waals surface area (Å²) in [6.45, 7) is 1.42. The van der Waals surface area contributed by atoms with Gasteiger partial charge in [0.2, 0.25) is 5.95 Å². The van der Waals surface area contributed by atoms with Gasteiger partial charge in [-0.25, -0.2) is 4.52 Å². The maximum atomic E-state index is 5.97. The summed E-state index contributed by atoms with van der Waals surface area (Å²) in [7, 11) is 1.75. The lowest BCUT2D eigenvalue weighted by molar-refractivity contribution is 0.0706. The van der Waals surface area contributed by atoms with E-state index in [4.69, 9.17) is 22.1 Å². The fourth-order valence-corrected chi connectivity index (χ4v) is 2.84. The van der Waals surface area contributed by atoms with Crippen molar-refractivity contribution in [3.05, 3.63) is 23.4 Å². The highest BCUT2D eigenvalue weighted by Gasteiger charge is 2.29. The maximum Gasteiger partial charge on any atom is 0.245 e. The highest BCUT2D eigenvalue weighted by Crippen LogP contribution is 2.24. The fourth-order valence-electron chi connectivity index (χ4n) is 2.68. The number of pyridine rings is 1. The lowest BCUT2D eigenvalue weighted by atomic mass is 10.00. The van der Waals surface area contributed by atoms with Gasteiger partial charge in [-0.3, -0.25) is 0 Å². The molecule has 0 spiro atoms. The van der Waals surface area contributed by atoms with E-state index in [0.717, 1.165) is 25.0 Å². The van der Waals surface area contributed by atoms with Gasteiger partial charge in [-0.2, -0.15) is 4.98 Å². The van der Waals surface area contributed by atoms with Gasteiger partial charge in [0.05, 0.1) is 11.1 Å². The van der Waals surface area contributed by atoms with Crippen LogP contribution < -0.4 is 10.6 Å². The lowest BCUT2D eigenvalue weighted by Gasteiger charge is -2.37. The number of nitrogens with zero attached hydrogens (tertiary/aromatic N) is 4. The molecule has 1 fully saturated rings. The SMILES string of the molecule is COC1CCN(c2nc3ccc(Cl)cn3n2)C(CN)C1. The Morgan fingerprint density at radius 1 is 1.50 bits per heavy atom. The van der Waals surface area contributed by atoms with Crippen LogP contribution in [0.2, 0.25) is 5.02 Å². The van der Waals surface area contributed by atoms with Crippen LogP contribution in [0, 0.1) is 0 Å². The number of fused-ring (bicyclic) bond motifs is 1. The third kappa shape index (κ3) is 2.46. The Morgan fingerprint density at radius 2 is 2.35 bits per heavy atom. The molecule has 2 unspecified atom stereocenters. The number of hydrogen-bond acceptors (Lipinski definition) is 5. The zero-order chi connectivity index (χ0) is 14.1. The second-order valence-electron chi connectivity index (χ2n) is 5.03. The van der Waals surface area contributed by atoms with Crippen molar-refractivity contribution in [1.82, 2.24) is 14.6 Å². The number of piperidine rings is 1. The van der Waals surface area contributed by atoms with E-state index in [2.05, 4.69) is 15.0 Å². The third-order valence-electron chi connectivity index (χ3n) is 3.81. The first-order chi connectivity index (χ1) is 9.71. The number of rotatable bonds is 3. The quantitative estimate of drug-likeness (QED) is 0.925. The van der Waals surface area contributed by atoms with E-state index < -0.39 is 0 Å². The Hall–Kier alpha value is -1.37. The van der Waals surface area contributed by atoms with Gasteiger partial charge in [-0.05, 0) is 25.0 Å². The van der Waals surface area contributed by atoms with Crippen LogP contribution in [-0.2, 0) is 4.74 Å². The molecule has 108 valence electrons. The Morgan fingerprint density at radius 3 is 3.10 bits per heavy atom. The van der Waals surface area contributed by atoms with Gasteiger partial charge in [0.15, 0.2) is 5.65 Å². The highest BCUT2D eigenvalue weighted by molar-refractivity contribution is 6.30. The van der Waals surface area contributed by atoms with Crippen molar-refractivity contribution >= 4 is 23.2 Å². The molecule has 0 aromatic carbocycles. The van der Waals surface area contributed by atoms with Gasteiger partial charge in [0.1, 0.15) is 0 Å². The van der Waals surface area contributed by atoms with E-state index in [0.29, 0.717) is 17.5 Å². The van der Waals surface area contributed by atoms with Crippen molar-refractivity contribution in [2.24, 2.45) is 5.73 Å². The normalized spacial score (nSPS) is 23.4. The van der Waals surface area contributed by atoms with Crippen molar-refractivity contribution in [3.8, 4) is 0 Å². The Kier molecular flexibility index (Phi) is 3.78. The number of hydrogen-bond donors (Lipinski definition) is 1. The molecule has 0 bridgehead atoms. The molecule has 0 aliphatic carbocycles. The minimum atomic E-state index is 0.210. The summed E-state index contributed by atoms with van der Waals surface area (Å²) in [5.74, 6) is 0.706. The van der Waals surface area contributed by atoms with Crippen molar-refractivity contribution in [1.29, 1.82) is 0 Å². The predicted octanol–water partition coefficient (Wildman–Crippen LogP) is 1.33.